The molecule has 1 unspecified atom stereocenters. The molecule has 0 spiro atoms. The van der Waals surface area contributed by atoms with E-state index in [0.717, 1.165) is 17.4 Å². The van der Waals surface area contributed by atoms with Gasteiger partial charge in [-0.25, -0.2) is 4.79 Å². The number of halogens is 2. The maximum absolute atomic E-state index is 12.2. The van der Waals surface area contributed by atoms with Crippen LogP contribution in [0, 0.1) is 17.2 Å². The van der Waals surface area contributed by atoms with Crippen molar-refractivity contribution in [2.45, 2.75) is 36.2 Å². The second-order valence-corrected chi connectivity index (χ2v) is 6.70. The van der Waals surface area contributed by atoms with E-state index in [2.05, 4.69) is 0 Å². The first kappa shape index (κ1) is 12.8. The molecule has 0 bridgehead atoms. The molecular formula is C12H11Cl2N3O2. The van der Waals surface area contributed by atoms with Crippen molar-refractivity contribution in [1.29, 1.82) is 5.26 Å². The number of hydrogen-bond donors (Lipinski definition) is 0. The standard InChI is InChI=1S/C12H11Cl2N3O2/c13-12(14)3-8(12)6-17-10(18)7(4-15)5-16(11(17)19)9-1-2-9/h5,8-9H,1-3,6H2. The molecular weight excluding hydrogens is 289 g/mol. The SMILES string of the molecule is N#Cc1cn(C2CC2)c(=O)n(CC2CC2(Cl)Cl)c1=O. The molecule has 1 aromatic heterocycles. The van der Waals surface area contributed by atoms with Gasteiger partial charge in [-0.05, 0) is 19.3 Å². The highest BCUT2D eigenvalue weighted by molar-refractivity contribution is 6.50. The minimum Gasteiger partial charge on any atom is -0.296 e. The molecule has 7 heteroatoms. The molecule has 0 N–H and O–H groups in total. The molecule has 2 fully saturated rings. The summed E-state index contributed by atoms with van der Waals surface area (Å²) >= 11 is 11.9. The van der Waals surface area contributed by atoms with Crippen LogP contribution in [0.3, 0.4) is 0 Å². The van der Waals surface area contributed by atoms with Gasteiger partial charge in [-0.1, -0.05) is 0 Å². The minimum atomic E-state index is -0.848. The summed E-state index contributed by atoms with van der Waals surface area (Å²) in [6.07, 6.45) is 3.73. The molecule has 0 amide bonds. The number of hydrogen-bond acceptors (Lipinski definition) is 3. The third kappa shape index (κ3) is 2.19. The molecule has 2 aliphatic carbocycles. The Morgan fingerprint density at radius 3 is 2.53 bits per heavy atom. The van der Waals surface area contributed by atoms with E-state index in [1.807, 2.05) is 6.07 Å². The first-order chi connectivity index (χ1) is 8.94. The van der Waals surface area contributed by atoms with Gasteiger partial charge in [-0.15, -0.1) is 23.2 Å². The van der Waals surface area contributed by atoms with E-state index in [4.69, 9.17) is 28.5 Å². The van der Waals surface area contributed by atoms with Crippen molar-refractivity contribution in [1.82, 2.24) is 9.13 Å². The lowest BCUT2D eigenvalue weighted by atomic mass is 10.3. The van der Waals surface area contributed by atoms with Gasteiger partial charge in [-0.3, -0.25) is 13.9 Å². The summed E-state index contributed by atoms with van der Waals surface area (Å²) in [6, 6.07) is 1.95. The largest absolute Gasteiger partial charge is 0.331 e. The predicted molar refractivity (Wildman–Crippen MR) is 70.5 cm³/mol. The van der Waals surface area contributed by atoms with E-state index < -0.39 is 9.89 Å². The lowest BCUT2D eigenvalue weighted by molar-refractivity contribution is 0.524. The first-order valence-corrected chi connectivity index (χ1v) is 6.83. The number of rotatable bonds is 3. The molecule has 19 heavy (non-hydrogen) atoms. The summed E-state index contributed by atoms with van der Waals surface area (Å²) < 4.78 is 1.72. The number of nitriles is 1. The van der Waals surface area contributed by atoms with Crippen LogP contribution >= 0.6 is 23.2 Å². The Hall–Kier alpha value is -1.25. The lowest BCUT2D eigenvalue weighted by Crippen LogP contribution is -2.41. The molecule has 2 aliphatic rings. The van der Waals surface area contributed by atoms with Crippen molar-refractivity contribution in [3.8, 4) is 6.07 Å². The second-order valence-electron chi connectivity index (χ2n) is 5.15. The lowest BCUT2D eigenvalue weighted by Gasteiger charge is -2.10. The summed E-state index contributed by atoms with van der Waals surface area (Å²) in [5, 5.41) is 8.98. The Labute approximate surface area is 119 Å². The summed E-state index contributed by atoms with van der Waals surface area (Å²) in [5.74, 6) is -0.108. The van der Waals surface area contributed by atoms with Gasteiger partial charge in [0.2, 0.25) is 0 Å². The van der Waals surface area contributed by atoms with E-state index in [1.54, 1.807) is 0 Å². The van der Waals surface area contributed by atoms with Gasteiger partial charge < -0.3 is 0 Å². The smallest absolute Gasteiger partial charge is 0.296 e. The molecule has 0 aromatic carbocycles. The summed E-state index contributed by atoms with van der Waals surface area (Å²) in [5.41, 5.74) is -0.940. The van der Waals surface area contributed by atoms with E-state index in [0.29, 0.717) is 6.42 Å². The average molecular weight is 300 g/mol. The molecule has 2 saturated carbocycles. The zero-order valence-corrected chi connectivity index (χ0v) is 11.5. The minimum absolute atomic E-state index is 0.0121. The Bertz CT molecular complexity index is 694. The molecule has 1 heterocycles. The fourth-order valence-corrected chi connectivity index (χ4v) is 2.67. The van der Waals surface area contributed by atoms with Crippen LogP contribution in [0.2, 0.25) is 0 Å². The quantitative estimate of drug-likeness (QED) is 0.793. The first-order valence-electron chi connectivity index (χ1n) is 6.08. The monoisotopic (exact) mass is 299 g/mol. The van der Waals surface area contributed by atoms with Crippen molar-refractivity contribution in [3.63, 3.8) is 0 Å². The third-order valence-corrected chi connectivity index (χ3v) is 4.54. The van der Waals surface area contributed by atoms with Gasteiger partial charge in [0.05, 0.1) is 0 Å². The van der Waals surface area contributed by atoms with Crippen molar-refractivity contribution in [2.75, 3.05) is 0 Å². The summed E-state index contributed by atoms with van der Waals surface area (Å²) in [7, 11) is 0. The van der Waals surface area contributed by atoms with Gasteiger partial charge in [0.15, 0.2) is 0 Å². The fourth-order valence-electron chi connectivity index (χ4n) is 2.16. The Morgan fingerprint density at radius 1 is 1.42 bits per heavy atom. The van der Waals surface area contributed by atoms with Crippen LogP contribution in [0.5, 0.6) is 0 Å². The van der Waals surface area contributed by atoms with Crippen LogP contribution in [-0.2, 0) is 6.54 Å². The van der Waals surface area contributed by atoms with Gasteiger partial charge in [-0.2, -0.15) is 5.26 Å². The molecule has 3 rings (SSSR count). The topological polar surface area (TPSA) is 67.8 Å². The molecule has 0 radical (unpaired) electrons. The highest BCUT2D eigenvalue weighted by atomic mass is 35.5. The maximum atomic E-state index is 12.2. The molecule has 0 saturated heterocycles. The zero-order valence-electron chi connectivity index (χ0n) is 9.97. The van der Waals surface area contributed by atoms with Crippen LogP contribution in [0.25, 0.3) is 0 Å². The fraction of sp³-hybridized carbons (Fsp3) is 0.583. The van der Waals surface area contributed by atoms with E-state index in [1.165, 1.54) is 10.8 Å². The zero-order chi connectivity index (χ0) is 13.8. The van der Waals surface area contributed by atoms with E-state index in [9.17, 15) is 9.59 Å². The number of aromatic nitrogens is 2. The van der Waals surface area contributed by atoms with Crippen molar-refractivity contribution in [3.05, 3.63) is 32.6 Å². The van der Waals surface area contributed by atoms with Crippen LogP contribution in [0.4, 0.5) is 0 Å². The third-order valence-electron chi connectivity index (χ3n) is 3.61. The highest BCUT2D eigenvalue weighted by Crippen LogP contribution is 2.53. The van der Waals surface area contributed by atoms with Crippen molar-refractivity contribution >= 4 is 23.2 Å². The molecule has 0 aliphatic heterocycles. The summed E-state index contributed by atoms with van der Waals surface area (Å²) in [6.45, 7) is 0.174. The van der Waals surface area contributed by atoms with Crippen LogP contribution in [0.15, 0.2) is 15.8 Å². The normalized spacial score (nSPS) is 23.9. The van der Waals surface area contributed by atoms with Gasteiger partial charge >= 0.3 is 5.69 Å². The molecule has 1 atom stereocenters. The highest BCUT2D eigenvalue weighted by Gasteiger charge is 2.52. The van der Waals surface area contributed by atoms with Crippen LogP contribution in [0.1, 0.15) is 30.9 Å². The van der Waals surface area contributed by atoms with Gasteiger partial charge in [0.25, 0.3) is 5.56 Å². The van der Waals surface area contributed by atoms with E-state index in [-0.39, 0.29) is 29.8 Å². The maximum Gasteiger partial charge on any atom is 0.331 e. The Morgan fingerprint density at radius 2 is 2.05 bits per heavy atom. The predicted octanol–water partition coefficient (Wildman–Crippen LogP) is 1.41. The summed E-state index contributed by atoms with van der Waals surface area (Å²) in [4.78, 5) is 24.3. The molecule has 100 valence electrons. The van der Waals surface area contributed by atoms with Gasteiger partial charge in [0.1, 0.15) is 16.0 Å². The number of alkyl halides is 2. The molecule has 1 aromatic rings. The Balaban J connectivity index is 2.07. The van der Waals surface area contributed by atoms with E-state index >= 15 is 0 Å². The van der Waals surface area contributed by atoms with Crippen molar-refractivity contribution in [2.24, 2.45) is 5.92 Å². The second kappa shape index (κ2) is 4.12. The van der Waals surface area contributed by atoms with Gasteiger partial charge in [0, 0.05) is 24.7 Å². The molecule has 5 nitrogen and oxygen atoms in total. The average Bonchev–Trinajstić information content (AvgIpc) is 3.24. The number of nitrogens with zero attached hydrogens (tertiary/aromatic N) is 3. The van der Waals surface area contributed by atoms with Crippen molar-refractivity contribution < 1.29 is 0 Å². The van der Waals surface area contributed by atoms with Crippen LogP contribution < -0.4 is 11.2 Å². The Kier molecular flexibility index (Phi) is 2.77. The van der Waals surface area contributed by atoms with Crippen LogP contribution in [-0.4, -0.2) is 13.5 Å².